The number of rotatable bonds is 5. The molecule has 6 heteroatoms. The molecule has 0 saturated heterocycles. The second kappa shape index (κ2) is 7.43. The van der Waals surface area contributed by atoms with Crippen LogP contribution in [0.5, 0.6) is 23.0 Å². The first kappa shape index (κ1) is 17.0. The summed E-state index contributed by atoms with van der Waals surface area (Å²) in [6.07, 6.45) is 0. The van der Waals surface area contributed by atoms with E-state index in [1.165, 1.54) is 11.1 Å². The van der Waals surface area contributed by atoms with Crippen LogP contribution in [0.2, 0.25) is 0 Å². The molecule has 26 heavy (non-hydrogen) atoms. The Morgan fingerprint density at radius 2 is 1.23 bits per heavy atom. The van der Waals surface area contributed by atoms with Gasteiger partial charge in [0.2, 0.25) is 0 Å². The van der Waals surface area contributed by atoms with Crippen LogP contribution in [0.3, 0.4) is 0 Å². The summed E-state index contributed by atoms with van der Waals surface area (Å²) >= 11 is 0. The lowest BCUT2D eigenvalue weighted by molar-refractivity contribution is 0.0520. The van der Waals surface area contributed by atoms with Crippen LogP contribution in [-0.2, 0) is 13.1 Å². The Balaban J connectivity index is 1.34. The van der Waals surface area contributed by atoms with Crippen LogP contribution >= 0.6 is 0 Å². The first-order valence-corrected chi connectivity index (χ1v) is 8.79. The highest BCUT2D eigenvalue weighted by Crippen LogP contribution is 2.30. The topological polar surface area (TPSA) is 43.4 Å². The van der Waals surface area contributed by atoms with Crippen molar-refractivity contribution >= 4 is 0 Å². The van der Waals surface area contributed by atoms with Crippen LogP contribution < -0.4 is 18.9 Å². The number of methoxy groups -OCH3 is 2. The largest absolute Gasteiger partial charge is 0.497 e. The third-order valence-electron chi connectivity index (χ3n) is 4.86. The molecule has 0 saturated carbocycles. The molecule has 0 aromatic heterocycles. The zero-order valence-corrected chi connectivity index (χ0v) is 15.2. The van der Waals surface area contributed by atoms with E-state index in [1.807, 2.05) is 36.4 Å². The zero-order chi connectivity index (χ0) is 17.9. The van der Waals surface area contributed by atoms with E-state index >= 15 is 0 Å². The van der Waals surface area contributed by atoms with Crippen molar-refractivity contribution in [1.82, 2.24) is 9.80 Å². The van der Waals surface area contributed by atoms with Crippen LogP contribution in [-0.4, -0.2) is 50.6 Å². The molecule has 0 radical (unpaired) electrons. The van der Waals surface area contributed by atoms with Gasteiger partial charge in [0.05, 0.1) is 14.2 Å². The zero-order valence-electron chi connectivity index (χ0n) is 15.2. The summed E-state index contributed by atoms with van der Waals surface area (Å²) in [7, 11) is 3.37. The van der Waals surface area contributed by atoms with Gasteiger partial charge in [0.25, 0.3) is 0 Å². The second-order valence-electron chi connectivity index (χ2n) is 6.60. The molecule has 0 unspecified atom stereocenters. The maximum absolute atomic E-state index is 5.87. The second-order valence-corrected chi connectivity index (χ2v) is 6.60. The molecule has 6 nitrogen and oxygen atoms in total. The molecular formula is C20H24N2O4. The lowest BCUT2D eigenvalue weighted by Gasteiger charge is -2.33. The first-order valence-electron chi connectivity index (χ1n) is 8.79. The van der Waals surface area contributed by atoms with E-state index in [0.717, 1.165) is 49.2 Å². The molecule has 2 aromatic rings. The van der Waals surface area contributed by atoms with Gasteiger partial charge in [-0.05, 0) is 36.4 Å². The molecule has 0 fully saturated rings. The van der Waals surface area contributed by atoms with Gasteiger partial charge < -0.3 is 18.9 Å². The SMILES string of the molecule is COc1ccc2c(c1)CN(CCN1COc3ccc(OC)cc3C1)CO2. The molecule has 2 heterocycles. The Kier molecular flexibility index (Phi) is 4.86. The van der Waals surface area contributed by atoms with Gasteiger partial charge in [-0.2, -0.15) is 0 Å². The highest BCUT2D eigenvalue weighted by Gasteiger charge is 2.21. The van der Waals surface area contributed by atoms with Gasteiger partial charge in [0.1, 0.15) is 36.5 Å². The minimum absolute atomic E-state index is 0.610. The molecule has 0 aliphatic carbocycles. The summed E-state index contributed by atoms with van der Waals surface area (Å²) in [4.78, 5) is 4.59. The van der Waals surface area contributed by atoms with Crippen molar-refractivity contribution in [2.45, 2.75) is 13.1 Å². The maximum atomic E-state index is 5.87. The molecule has 2 aromatic carbocycles. The molecule has 0 atom stereocenters. The van der Waals surface area contributed by atoms with Gasteiger partial charge in [-0.25, -0.2) is 0 Å². The Bertz CT molecular complexity index is 715. The fourth-order valence-electron chi connectivity index (χ4n) is 3.36. The smallest absolute Gasteiger partial charge is 0.142 e. The summed E-state index contributed by atoms with van der Waals surface area (Å²) in [5, 5.41) is 0. The third-order valence-corrected chi connectivity index (χ3v) is 4.86. The van der Waals surface area contributed by atoms with Crippen LogP contribution in [0.4, 0.5) is 0 Å². The molecule has 0 spiro atoms. The van der Waals surface area contributed by atoms with Crippen molar-refractivity contribution in [3.63, 3.8) is 0 Å². The van der Waals surface area contributed by atoms with Crippen molar-refractivity contribution in [2.75, 3.05) is 40.8 Å². The van der Waals surface area contributed by atoms with Crippen molar-refractivity contribution in [3.05, 3.63) is 47.5 Å². The van der Waals surface area contributed by atoms with Crippen LogP contribution in [0, 0.1) is 0 Å². The highest BCUT2D eigenvalue weighted by molar-refractivity contribution is 5.42. The van der Waals surface area contributed by atoms with E-state index in [0.29, 0.717) is 13.5 Å². The van der Waals surface area contributed by atoms with Gasteiger partial charge in [-0.3, -0.25) is 9.80 Å². The summed E-state index contributed by atoms with van der Waals surface area (Å²) in [6.45, 7) is 4.78. The lowest BCUT2D eigenvalue weighted by atomic mass is 10.1. The van der Waals surface area contributed by atoms with E-state index < -0.39 is 0 Å². The Hall–Kier alpha value is -2.44. The average Bonchev–Trinajstić information content (AvgIpc) is 2.70. The van der Waals surface area contributed by atoms with Crippen LogP contribution in [0.1, 0.15) is 11.1 Å². The highest BCUT2D eigenvalue weighted by atomic mass is 16.5. The van der Waals surface area contributed by atoms with Gasteiger partial charge in [0, 0.05) is 37.3 Å². The van der Waals surface area contributed by atoms with E-state index in [1.54, 1.807) is 14.2 Å². The average molecular weight is 356 g/mol. The quantitative estimate of drug-likeness (QED) is 0.821. The van der Waals surface area contributed by atoms with Crippen molar-refractivity contribution in [2.24, 2.45) is 0 Å². The number of hydrogen-bond donors (Lipinski definition) is 0. The summed E-state index contributed by atoms with van der Waals surface area (Å²) in [5.41, 5.74) is 2.33. The van der Waals surface area contributed by atoms with Gasteiger partial charge in [0.15, 0.2) is 0 Å². The standard InChI is InChI=1S/C20H24N2O4/c1-23-17-3-5-19-15(9-17)11-21(13-25-19)7-8-22-12-16-10-18(24-2)4-6-20(16)26-14-22/h3-6,9-10H,7-8,11-14H2,1-2H3. The molecule has 0 N–H and O–H groups in total. The molecule has 2 aliphatic heterocycles. The van der Waals surface area contributed by atoms with Gasteiger partial charge >= 0.3 is 0 Å². The van der Waals surface area contributed by atoms with Crippen molar-refractivity contribution < 1.29 is 18.9 Å². The van der Waals surface area contributed by atoms with Crippen LogP contribution in [0.25, 0.3) is 0 Å². The number of hydrogen-bond acceptors (Lipinski definition) is 6. The number of fused-ring (bicyclic) bond motifs is 2. The first-order chi connectivity index (χ1) is 12.7. The monoisotopic (exact) mass is 356 g/mol. The minimum Gasteiger partial charge on any atom is -0.497 e. The normalized spacial score (nSPS) is 16.8. The molecule has 0 amide bonds. The summed E-state index contributed by atoms with van der Waals surface area (Å²) in [5.74, 6) is 3.63. The van der Waals surface area contributed by atoms with Crippen LogP contribution in [0.15, 0.2) is 36.4 Å². The Labute approximate surface area is 153 Å². The summed E-state index contributed by atoms with van der Waals surface area (Å²) in [6, 6.07) is 11.9. The van der Waals surface area contributed by atoms with Gasteiger partial charge in [-0.1, -0.05) is 0 Å². The molecule has 4 rings (SSSR count). The van der Waals surface area contributed by atoms with E-state index in [4.69, 9.17) is 18.9 Å². The lowest BCUT2D eigenvalue weighted by Crippen LogP contribution is -2.41. The van der Waals surface area contributed by atoms with E-state index in [9.17, 15) is 0 Å². The predicted molar refractivity (Wildman–Crippen MR) is 97.8 cm³/mol. The minimum atomic E-state index is 0.610. The van der Waals surface area contributed by atoms with E-state index in [2.05, 4.69) is 9.80 Å². The Morgan fingerprint density at radius 1 is 0.769 bits per heavy atom. The molecule has 2 aliphatic rings. The fraction of sp³-hybridized carbons (Fsp3) is 0.400. The third kappa shape index (κ3) is 3.57. The van der Waals surface area contributed by atoms with E-state index in [-0.39, 0.29) is 0 Å². The fourth-order valence-corrected chi connectivity index (χ4v) is 3.36. The van der Waals surface area contributed by atoms with Crippen molar-refractivity contribution in [1.29, 1.82) is 0 Å². The molecule has 0 bridgehead atoms. The number of ether oxygens (including phenoxy) is 4. The number of nitrogens with zero attached hydrogens (tertiary/aromatic N) is 2. The maximum Gasteiger partial charge on any atom is 0.142 e. The van der Waals surface area contributed by atoms with Crippen molar-refractivity contribution in [3.8, 4) is 23.0 Å². The Morgan fingerprint density at radius 3 is 1.65 bits per heavy atom. The summed E-state index contributed by atoms with van der Waals surface area (Å²) < 4.78 is 22.4. The predicted octanol–water partition coefficient (Wildman–Crippen LogP) is 2.71. The molecular weight excluding hydrogens is 332 g/mol. The van der Waals surface area contributed by atoms with Gasteiger partial charge in [-0.15, -0.1) is 0 Å². The molecule has 138 valence electrons. The number of benzene rings is 2.